The molecule has 21 heavy (non-hydrogen) atoms. The van der Waals surface area contributed by atoms with Crippen LogP contribution in [0.15, 0.2) is 24.3 Å². The molecule has 1 aliphatic heterocycles. The molecule has 0 saturated carbocycles. The maximum absolute atomic E-state index is 12.0. The second-order valence-corrected chi connectivity index (χ2v) is 7.64. The lowest BCUT2D eigenvalue weighted by Crippen LogP contribution is -2.39. The Labute approximate surface area is 130 Å². The number of benzene rings is 1. The first-order chi connectivity index (χ1) is 9.91. The van der Waals surface area contributed by atoms with E-state index in [0.29, 0.717) is 18.1 Å². The lowest BCUT2D eigenvalue weighted by Gasteiger charge is -2.17. The van der Waals surface area contributed by atoms with Crippen molar-refractivity contribution in [2.75, 3.05) is 25.4 Å². The molecule has 0 spiro atoms. The van der Waals surface area contributed by atoms with Crippen molar-refractivity contribution in [1.82, 2.24) is 9.62 Å². The van der Waals surface area contributed by atoms with Crippen LogP contribution >= 0.6 is 11.6 Å². The molecule has 1 atom stereocenters. The molecule has 1 saturated heterocycles. The van der Waals surface area contributed by atoms with E-state index in [1.807, 2.05) is 24.3 Å². The molecule has 1 unspecified atom stereocenters. The van der Waals surface area contributed by atoms with Gasteiger partial charge >= 0.3 is 0 Å². The molecule has 0 bridgehead atoms. The van der Waals surface area contributed by atoms with Gasteiger partial charge in [-0.25, -0.2) is 13.1 Å². The summed E-state index contributed by atoms with van der Waals surface area (Å²) in [5, 5.41) is 0.688. The minimum Gasteiger partial charge on any atom is -0.341 e. The molecular weight excluding hydrogens is 312 g/mol. The molecule has 0 aliphatic carbocycles. The summed E-state index contributed by atoms with van der Waals surface area (Å²) in [5.41, 5.74) is 1.12. The number of amides is 1. The van der Waals surface area contributed by atoms with Crippen molar-refractivity contribution in [2.24, 2.45) is 0 Å². The van der Waals surface area contributed by atoms with Crippen LogP contribution in [0.1, 0.15) is 24.8 Å². The maximum atomic E-state index is 12.0. The zero-order valence-electron chi connectivity index (χ0n) is 11.9. The van der Waals surface area contributed by atoms with Crippen LogP contribution in [0.4, 0.5) is 0 Å². The quantitative estimate of drug-likeness (QED) is 0.891. The standard InChI is InChI=1S/C14H19ClN2O3S/c1-2-21(19,20)16-9-14(18)17-7-6-12(10-17)11-4-3-5-13(15)8-11/h3-5,8,12,16H,2,6-7,9-10H2,1H3. The fourth-order valence-corrected chi connectivity index (χ4v) is 3.15. The average molecular weight is 331 g/mol. The van der Waals surface area contributed by atoms with Gasteiger partial charge in [0.25, 0.3) is 0 Å². The number of sulfonamides is 1. The predicted octanol–water partition coefficient (Wildman–Crippen LogP) is 1.60. The van der Waals surface area contributed by atoms with Crippen LogP contribution in [0.3, 0.4) is 0 Å². The van der Waals surface area contributed by atoms with Crippen molar-refractivity contribution in [3.05, 3.63) is 34.9 Å². The first-order valence-electron chi connectivity index (χ1n) is 6.92. The molecule has 1 N–H and O–H groups in total. The second-order valence-electron chi connectivity index (χ2n) is 5.10. The molecular formula is C14H19ClN2O3S. The zero-order chi connectivity index (χ0) is 15.5. The average Bonchev–Trinajstić information content (AvgIpc) is 2.95. The third kappa shape index (κ3) is 4.43. The highest BCUT2D eigenvalue weighted by atomic mass is 35.5. The number of nitrogens with one attached hydrogen (secondary N) is 1. The Hall–Kier alpha value is -1.11. The third-order valence-electron chi connectivity index (χ3n) is 3.68. The van der Waals surface area contributed by atoms with Gasteiger partial charge in [-0.15, -0.1) is 0 Å². The highest BCUT2D eigenvalue weighted by molar-refractivity contribution is 7.89. The molecule has 116 valence electrons. The molecule has 1 heterocycles. The number of carbonyl (C=O) groups excluding carboxylic acids is 1. The molecule has 7 heteroatoms. The second kappa shape index (κ2) is 6.77. The van der Waals surface area contributed by atoms with Gasteiger partial charge < -0.3 is 4.90 Å². The van der Waals surface area contributed by atoms with Crippen molar-refractivity contribution in [2.45, 2.75) is 19.3 Å². The number of hydrogen-bond acceptors (Lipinski definition) is 3. The number of rotatable bonds is 5. The molecule has 1 amide bonds. The Morgan fingerprint density at radius 1 is 1.48 bits per heavy atom. The Balaban J connectivity index is 1.91. The molecule has 1 aliphatic rings. The summed E-state index contributed by atoms with van der Waals surface area (Å²) < 4.78 is 25.0. The van der Waals surface area contributed by atoms with Gasteiger partial charge in [0.1, 0.15) is 0 Å². The van der Waals surface area contributed by atoms with Gasteiger partial charge in [-0.2, -0.15) is 0 Å². The zero-order valence-corrected chi connectivity index (χ0v) is 13.5. The summed E-state index contributed by atoms with van der Waals surface area (Å²) in [6, 6.07) is 7.64. The van der Waals surface area contributed by atoms with Crippen molar-refractivity contribution in [3.63, 3.8) is 0 Å². The summed E-state index contributed by atoms with van der Waals surface area (Å²) in [6.45, 7) is 2.62. The van der Waals surface area contributed by atoms with E-state index in [9.17, 15) is 13.2 Å². The van der Waals surface area contributed by atoms with Crippen molar-refractivity contribution in [1.29, 1.82) is 0 Å². The van der Waals surface area contributed by atoms with E-state index in [0.717, 1.165) is 12.0 Å². The van der Waals surface area contributed by atoms with E-state index in [1.54, 1.807) is 4.90 Å². The van der Waals surface area contributed by atoms with E-state index in [1.165, 1.54) is 6.92 Å². The van der Waals surface area contributed by atoms with Crippen LogP contribution in [0, 0.1) is 0 Å². The predicted molar refractivity (Wildman–Crippen MR) is 82.9 cm³/mol. The maximum Gasteiger partial charge on any atom is 0.237 e. The van der Waals surface area contributed by atoms with Crippen LogP contribution < -0.4 is 4.72 Å². The van der Waals surface area contributed by atoms with Crippen LogP contribution in [0.25, 0.3) is 0 Å². The van der Waals surface area contributed by atoms with Crippen LogP contribution in [-0.4, -0.2) is 44.6 Å². The number of hydrogen-bond donors (Lipinski definition) is 1. The smallest absolute Gasteiger partial charge is 0.237 e. The Bertz CT molecular complexity index is 618. The first-order valence-corrected chi connectivity index (χ1v) is 8.95. The largest absolute Gasteiger partial charge is 0.341 e. The van der Waals surface area contributed by atoms with E-state index >= 15 is 0 Å². The van der Waals surface area contributed by atoms with E-state index in [2.05, 4.69) is 4.72 Å². The normalized spacial score (nSPS) is 19.0. The third-order valence-corrected chi connectivity index (χ3v) is 5.26. The molecule has 1 fully saturated rings. The molecule has 1 aromatic rings. The van der Waals surface area contributed by atoms with Crippen LogP contribution in [0.2, 0.25) is 5.02 Å². The molecule has 5 nitrogen and oxygen atoms in total. The Kier molecular flexibility index (Phi) is 5.24. The van der Waals surface area contributed by atoms with Crippen LogP contribution in [-0.2, 0) is 14.8 Å². The van der Waals surface area contributed by atoms with E-state index in [4.69, 9.17) is 11.6 Å². The van der Waals surface area contributed by atoms with Gasteiger partial charge in [-0.1, -0.05) is 23.7 Å². The van der Waals surface area contributed by atoms with Crippen LogP contribution in [0.5, 0.6) is 0 Å². The molecule has 0 radical (unpaired) electrons. The highest BCUT2D eigenvalue weighted by Gasteiger charge is 2.27. The van der Waals surface area contributed by atoms with E-state index < -0.39 is 10.0 Å². The van der Waals surface area contributed by atoms with Gasteiger partial charge in [0.05, 0.1) is 12.3 Å². The number of halogens is 1. The lowest BCUT2D eigenvalue weighted by molar-refractivity contribution is -0.128. The first kappa shape index (κ1) is 16.3. The van der Waals surface area contributed by atoms with Gasteiger partial charge in [0.15, 0.2) is 0 Å². The summed E-state index contributed by atoms with van der Waals surface area (Å²) >= 11 is 5.98. The number of carbonyl (C=O) groups is 1. The minimum absolute atomic E-state index is 0.0224. The number of likely N-dealkylation sites (tertiary alicyclic amines) is 1. The van der Waals surface area contributed by atoms with Gasteiger partial charge in [-0.05, 0) is 31.0 Å². The Morgan fingerprint density at radius 2 is 2.24 bits per heavy atom. The summed E-state index contributed by atoms with van der Waals surface area (Å²) in [7, 11) is -3.33. The van der Waals surface area contributed by atoms with Crippen molar-refractivity contribution in [3.8, 4) is 0 Å². The van der Waals surface area contributed by atoms with E-state index in [-0.39, 0.29) is 24.1 Å². The topological polar surface area (TPSA) is 66.5 Å². The molecule has 1 aromatic carbocycles. The number of nitrogens with zero attached hydrogens (tertiary/aromatic N) is 1. The lowest BCUT2D eigenvalue weighted by atomic mass is 9.99. The summed E-state index contributed by atoms with van der Waals surface area (Å²) in [4.78, 5) is 13.7. The van der Waals surface area contributed by atoms with Gasteiger partial charge in [0, 0.05) is 24.0 Å². The highest BCUT2D eigenvalue weighted by Crippen LogP contribution is 2.28. The van der Waals surface area contributed by atoms with Crippen molar-refractivity contribution >= 4 is 27.5 Å². The monoisotopic (exact) mass is 330 g/mol. The molecule has 2 rings (SSSR count). The fraction of sp³-hybridized carbons (Fsp3) is 0.500. The fourth-order valence-electron chi connectivity index (χ4n) is 2.40. The summed E-state index contributed by atoms with van der Waals surface area (Å²) in [6.07, 6.45) is 0.868. The van der Waals surface area contributed by atoms with Gasteiger partial charge in [0.2, 0.25) is 15.9 Å². The Morgan fingerprint density at radius 3 is 2.90 bits per heavy atom. The summed E-state index contributed by atoms with van der Waals surface area (Å²) in [5.74, 6) is 0.0535. The van der Waals surface area contributed by atoms with Crippen molar-refractivity contribution < 1.29 is 13.2 Å². The molecule has 0 aromatic heterocycles. The van der Waals surface area contributed by atoms with Gasteiger partial charge in [-0.3, -0.25) is 4.79 Å². The SMILES string of the molecule is CCS(=O)(=O)NCC(=O)N1CCC(c2cccc(Cl)c2)C1. The minimum atomic E-state index is -3.33.